The average Bonchev–Trinajstić information content (AvgIpc) is 2.33. The number of fused-ring (bicyclic) bond motifs is 2. The zero-order valence-corrected chi connectivity index (χ0v) is 12.6. The maximum Gasteiger partial charge on any atom is 0.0217 e. The third-order valence-electron chi connectivity index (χ3n) is 4.84. The maximum absolute atomic E-state index is 3.74. The molecule has 0 aromatic carbocycles. The zero-order chi connectivity index (χ0) is 13.0. The van der Waals surface area contributed by atoms with Crippen LogP contribution in [0.1, 0.15) is 52.9 Å². The molecule has 3 unspecified atom stereocenters. The number of nitrogens with zero attached hydrogens (tertiary/aromatic N) is 1. The molecule has 1 aliphatic carbocycles. The monoisotopic (exact) mass is 252 g/mol. The van der Waals surface area contributed by atoms with Crippen LogP contribution in [-0.4, -0.2) is 37.1 Å². The van der Waals surface area contributed by atoms with Crippen LogP contribution in [0.2, 0.25) is 0 Å². The summed E-state index contributed by atoms with van der Waals surface area (Å²) < 4.78 is 0. The summed E-state index contributed by atoms with van der Waals surface area (Å²) in [6, 6.07) is 0.684. The van der Waals surface area contributed by atoms with Gasteiger partial charge in [0, 0.05) is 25.7 Å². The van der Waals surface area contributed by atoms with Crippen LogP contribution in [0, 0.1) is 17.8 Å². The molecule has 0 aromatic heterocycles. The van der Waals surface area contributed by atoms with E-state index < -0.39 is 0 Å². The number of rotatable bonds is 6. The fourth-order valence-electron chi connectivity index (χ4n) is 3.81. The van der Waals surface area contributed by atoms with Gasteiger partial charge in [-0.25, -0.2) is 0 Å². The Morgan fingerprint density at radius 2 is 1.83 bits per heavy atom. The summed E-state index contributed by atoms with van der Waals surface area (Å²) in [5.41, 5.74) is 0. The molecule has 1 aliphatic heterocycles. The first-order chi connectivity index (χ1) is 8.69. The molecule has 106 valence electrons. The fourth-order valence-corrected chi connectivity index (χ4v) is 3.81. The van der Waals surface area contributed by atoms with E-state index in [-0.39, 0.29) is 0 Å². The van der Waals surface area contributed by atoms with Crippen LogP contribution in [0.25, 0.3) is 0 Å². The number of hydrogen-bond acceptors (Lipinski definition) is 2. The summed E-state index contributed by atoms with van der Waals surface area (Å²) in [5, 5.41) is 3.74. The normalized spacial score (nSPS) is 30.7. The second kappa shape index (κ2) is 6.91. The molecule has 1 heterocycles. The molecule has 2 nitrogen and oxygen atoms in total. The lowest BCUT2D eigenvalue weighted by atomic mass is 9.78. The molecule has 3 atom stereocenters. The highest BCUT2D eigenvalue weighted by atomic mass is 15.2. The Morgan fingerprint density at radius 3 is 2.39 bits per heavy atom. The van der Waals surface area contributed by atoms with E-state index in [0.717, 1.165) is 17.8 Å². The molecule has 1 N–H and O–H groups in total. The molecule has 2 bridgehead atoms. The predicted molar refractivity (Wildman–Crippen MR) is 78.8 cm³/mol. The molecular weight excluding hydrogens is 220 g/mol. The van der Waals surface area contributed by atoms with Gasteiger partial charge in [-0.05, 0) is 50.0 Å². The molecule has 18 heavy (non-hydrogen) atoms. The highest BCUT2D eigenvalue weighted by Gasteiger charge is 2.31. The predicted octanol–water partition coefficient (Wildman–Crippen LogP) is 3.13. The lowest BCUT2D eigenvalue weighted by Gasteiger charge is -2.43. The van der Waals surface area contributed by atoms with Gasteiger partial charge in [-0.3, -0.25) is 0 Å². The Balaban J connectivity index is 1.82. The molecule has 2 fully saturated rings. The van der Waals surface area contributed by atoms with Gasteiger partial charge in [-0.1, -0.05) is 27.2 Å². The number of piperidine rings is 1. The van der Waals surface area contributed by atoms with E-state index in [1.165, 1.54) is 58.3 Å². The number of hydrogen-bond donors (Lipinski definition) is 1. The first-order valence-corrected chi connectivity index (χ1v) is 8.14. The van der Waals surface area contributed by atoms with Gasteiger partial charge in [0.2, 0.25) is 0 Å². The first kappa shape index (κ1) is 14.3. The third-order valence-corrected chi connectivity index (χ3v) is 4.84. The fraction of sp³-hybridized carbons (Fsp3) is 1.00. The minimum Gasteiger partial charge on any atom is -0.312 e. The van der Waals surface area contributed by atoms with E-state index in [1.807, 2.05) is 0 Å². The largest absolute Gasteiger partial charge is 0.312 e. The highest BCUT2D eigenvalue weighted by Crippen LogP contribution is 2.34. The van der Waals surface area contributed by atoms with Crippen molar-refractivity contribution in [3.05, 3.63) is 0 Å². The van der Waals surface area contributed by atoms with Crippen LogP contribution in [-0.2, 0) is 0 Å². The summed E-state index contributed by atoms with van der Waals surface area (Å²) >= 11 is 0. The Labute approximate surface area is 114 Å². The van der Waals surface area contributed by atoms with Gasteiger partial charge in [0.25, 0.3) is 0 Å². The molecule has 2 aliphatic rings. The second-order valence-electron chi connectivity index (χ2n) is 6.92. The summed E-state index contributed by atoms with van der Waals surface area (Å²) in [4.78, 5) is 2.76. The van der Waals surface area contributed by atoms with Crippen molar-refractivity contribution >= 4 is 0 Å². The average molecular weight is 252 g/mol. The summed E-state index contributed by atoms with van der Waals surface area (Å²) in [7, 11) is 0. The molecule has 0 radical (unpaired) electrons. The van der Waals surface area contributed by atoms with E-state index in [4.69, 9.17) is 0 Å². The van der Waals surface area contributed by atoms with Crippen molar-refractivity contribution in [1.29, 1.82) is 0 Å². The molecule has 0 spiro atoms. The molecular formula is C16H32N2. The number of nitrogens with one attached hydrogen (secondary N) is 1. The summed E-state index contributed by atoms with van der Waals surface area (Å²) in [6.45, 7) is 12.2. The van der Waals surface area contributed by atoms with E-state index in [9.17, 15) is 0 Å². The molecule has 2 heteroatoms. The lowest BCUT2D eigenvalue weighted by molar-refractivity contribution is 0.0735. The van der Waals surface area contributed by atoms with E-state index in [0.29, 0.717) is 6.04 Å². The zero-order valence-electron chi connectivity index (χ0n) is 12.6. The summed E-state index contributed by atoms with van der Waals surface area (Å²) in [6.07, 6.45) is 7.23. The van der Waals surface area contributed by atoms with Crippen molar-refractivity contribution in [2.75, 3.05) is 26.2 Å². The molecule has 1 saturated carbocycles. The minimum absolute atomic E-state index is 0.684. The van der Waals surface area contributed by atoms with Crippen molar-refractivity contribution in [2.45, 2.75) is 58.9 Å². The van der Waals surface area contributed by atoms with E-state index in [1.54, 1.807) is 0 Å². The smallest absolute Gasteiger partial charge is 0.0217 e. The van der Waals surface area contributed by atoms with Gasteiger partial charge in [0.05, 0.1) is 0 Å². The van der Waals surface area contributed by atoms with Crippen LogP contribution in [0.5, 0.6) is 0 Å². The summed E-state index contributed by atoms with van der Waals surface area (Å²) in [5.74, 6) is 2.77. The Hall–Kier alpha value is -0.0800. The van der Waals surface area contributed by atoms with Crippen LogP contribution >= 0.6 is 0 Å². The van der Waals surface area contributed by atoms with Gasteiger partial charge in [-0.2, -0.15) is 0 Å². The van der Waals surface area contributed by atoms with E-state index in [2.05, 4.69) is 31.0 Å². The minimum atomic E-state index is 0.684. The topological polar surface area (TPSA) is 15.3 Å². The van der Waals surface area contributed by atoms with Crippen LogP contribution in [0.15, 0.2) is 0 Å². The highest BCUT2D eigenvalue weighted by molar-refractivity contribution is 4.86. The van der Waals surface area contributed by atoms with Crippen molar-refractivity contribution in [3.63, 3.8) is 0 Å². The van der Waals surface area contributed by atoms with Crippen molar-refractivity contribution in [3.8, 4) is 0 Å². The SMILES string of the molecule is CCCNC(CN1CC2CCCC(C2)C1)C(C)C. The first-order valence-electron chi connectivity index (χ1n) is 8.14. The van der Waals surface area contributed by atoms with Gasteiger partial charge < -0.3 is 10.2 Å². The second-order valence-corrected chi connectivity index (χ2v) is 6.92. The Kier molecular flexibility index (Phi) is 5.50. The Morgan fingerprint density at radius 1 is 1.17 bits per heavy atom. The van der Waals surface area contributed by atoms with Crippen LogP contribution < -0.4 is 5.32 Å². The lowest BCUT2D eigenvalue weighted by Crippen LogP contribution is -2.50. The van der Waals surface area contributed by atoms with Gasteiger partial charge in [-0.15, -0.1) is 0 Å². The molecule has 2 rings (SSSR count). The third kappa shape index (κ3) is 3.96. The quantitative estimate of drug-likeness (QED) is 0.781. The molecule has 0 aromatic rings. The molecule has 0 amide bonds. The molecule has 1 saturated heterocycles. The van der Waals surface area contributed by atoms with Crippen molar-refractivity contribution in [1.82, 2.24) is 10.2 Å². The number of likely N-dealkylation sites (tertiary alicyclic amines) is 1. The van der Waals surface area contributed by atoms with Crippen LogP contribution in [0.3, 0.4) is 0 Å². The van der Waals surface area contributed by atoms with E-state index >= 15 is 0 Å². The Bertz CT molecular complexity index is 227. The van der Waals surface area contributed by atoms with Crippen LogP contribution in [0.4, 0.5) is 0 Å². The van der Waals surface area contributed by atoms with Crippen molar-refractivity contribution in [2.24, 2.45) is 17.8 Å². The van der Waals surface area contributed by atoms with Crippen molar-refractivity contribution < 1.29 is 0 Å². The van der Waals surface area contributed by atoms with Gasteiger partial charge >= 0.3 is 0 Å². The standard InChI is InChI=1S/C16H32N2/c1-4-8-17-16(13(2)3)12-18-10-14-6-5-7-15(9-14)11-18/h13-17H,4-12H2,1-3H3. The maximum atomic E-state index is 3.74. The van der Waals surface area contributed by atoms with Gasteiger partial charge in [0.15, 0.2) is 0 Å². The van der Waals surface area contributed by atoms with Gasteiger partial charge in [0.1, 0.15) is 0 Å².